The van der Waals surface area contributed by atoms with Gasteiger partial charge in [-0.15, -0.1) is 10.2 Å². The van der Waals surface area contributed by atoms with Gasteiger partial charge in [-0.05, 0) is 19.8 Å². The number of carbonyl (C=O) groups excluding carboxylic acids is 1. The second-order valence-corrected chi connectivity index (χ2v) is 5.01. The Morgan fingerprint density at radius 2 is 2.35 bits per heavy atom. The Hall–Kier alpha value is -1.76. The molecular weight excluding hydrogens is 240 g/mol. The van der Waals surface area contributed by atoms with Crippen molar-refractivity contribution in [3.05, 3.63) is 22.5 Å². The van der Waals surface area contributed by atoms with E-state index in [4.69, 9.17) is 4.52 Å². The zero-order chi connectivity index (χ0) is 11.8. The molecule has 1 aliphatic carbocycles. The second-order valence-electron chi connectivity index (χ2n) is 4.00. The first-order valence-corrected chi connectivity index (χ1v) is 6.12. The fourth-order valence-electron chi connectivity index (χ4n) is 1.41. The van der Waals surface area contributed by atoms with Gasteiger partial charge >= 0.3 is 0 Å². The largest absolute Gasteiger partial charge is 0.361 e. The molecule has 6 nitrogen and oxygen atoms in total. The van der Waals surface area contributed by atoms with Crippen LogP contribution in [-0.2, 0) is 0 Å². The summed E-state index contributed by atoms with van der Waals surface area (Å²) in [5, 5.41) is 15.8. The molecule has 1 aliphatic rings. The molecule has 2 aromatic heterocycles. The van der Waals surface area contributed by atoms with E-state index >= 15 is 0 Å². The number of aromatic nitrogens is 3. The van der Waals surface area contributed by atoms with Gasteiger partial charge in [-0.2, -0.15) is 0 Å². The van der Waals surface area contributed by atoms with E-state index in [9.17, 15) is 4.79 Å². The Bertz CT molecular complexity index is 558. The number of anilines is 1. The first-order chi connectivity index (χ1) is 8.22. The minimum absolute atomic E-state index is 0.255. The highest BCUT2D eigenvalue weighted by Crippen LogP contribution is 2.42. The molecule has 0 radical (unpaired) electrons. The van der Waals surface area contributed by atoms with E-state index in [2.05, 4.69) is 20.7 Å². The molecule has 1 fully saturated rings. The Kier molecular flexibility index (Phi) is 2.40. The van der Waals surface area contributed by atoms with Crippen LogP contribution in [0.2, 0.25) is 0 Å². The van der Waals surface area contributed by atoms with Crippen LogP contribution in [0.1, 0.15) is 40.0 Å². The van der Waals surface area contributed by atoms with Gasteiger partial charge in [0.15, 0.2) is 5.69 Å². The van der Waals surface area contributed by atoms with Crippen LogP contribution in [-0.4, -0.2) is 21.3 Å². The van der Waals surface area contributed by atoms with Crippen molar-refractivity contribution < 1.29 is 9.32 Å². The van der Waals surface area contributed by atoms with Gasteiger partial charge < -0.3 is 4.52 Å². The third kappa shape index (κ3) is 2.19. The van der Waals surface area contributed by atoms with Crippen molar-refractivity contribution in [1.82, 2.24) is 15.4 Å². The molecule has 0 bridgehead atoms. The van der Waals surface area contributed by atoms with Crippen molar-refractivity contribution in [1.29, 1.82) is 0 Å². The third-order valence-corrected chi connectivity index (χ3v) is 3.45. The van der Waals surface area contributed by atoms with Gasteiger partial charge in [0, 0.05) is 12.0 Å². The van der Waals surface area contributed by atoms with Crippen LogP contribution in [0, 0.1) is 6.92 Å². The summed E-state index contributed by atoms with van der Waals surface area (Å²) in [6, 6.07) is 1.58. The molecule has 2 heterocycles. The first-order valence-electron chi connectivity index (χ1n) is 5.30. The summed E-state index contributed by atoms with van der Waals surface area (Å²) in [5.74, 6) is 0.832. The van der Waals surface area contributed by atoms with Gasteiger partial charge in [-0.25, -0.2) is 0 Å². The molecule has 0 spiro atoms. The van der Waals surface area contributed by atoms with Crippen LogP contribution in [0.4, 0.5) is 5.13 Å². The van der Waals surface area contributed by atoms with Crippen molar-refractivity contribution in [2.45, 2.75) is 25.7 Å². The van der Waals surface area contributed by atoms with E-state index in [0.29, 0.717) is 16.8 Å². The van der Waals surface area contributed by atoms with Crippen LogP contribution < -0.4 is 5.32 Å². The smallest absolute Gasteiger partial charge is 0.279 e. The molecule has 7 heteroatoms. The fraction of sp³-hybridized carbons (Fsp3) is 0.400. The maximum atomic E-state index is 11.7. The van der Waals surface area contributed by atoms with Gasteiger partial charge in [0.25, 0.3) is 5.91 Å². The van der Waals surface area contributed by atoms with Crippen molar-refractivity contribution in [3.63, 3.8) is 0 Å². The van der Waals surface area contributed by atoms with Gasteiger partial charge in [0.05, 0.1) is 0 Å². The van der Waals surface area contributed by atoms with E-state index < -0.39 is 0 Å². The van der Waals surface area contributed by atoms with E-state index in [1.54, 1.807) is 13.0 Å². The maximum Gasteiger partial charge on any atom is 0.279 e. The minimum atomic E-state index is -0.319. The van der Waals surface area contributed by atoms with E-state index in [1.807, 2.05) is 0 Å². The standard InChI is InChI=1S/C10H10N4O2S/c1-5-4-7(14-16-5)8(15)11-10-13-12-9(17-10)6-2-3-6/h4,6H,2-3H2,1H3,(H,11,13,15). The highest BCUT2D eigenvalue weighted by Gasteiger charge is 2.27. The lowest BCUT2D eigenvalue weighted by Crippen LogP contribution is -2.11. The fourth-order valence-corrected chi connectivity index (χ4v) is 2.32. The van der Waals surface area contributed by atoms with Crippen molar-refractivity contribution in [3.8, 4) is 0 Å². The Morgan fingerprint density at radius 3 is 3.00 bits per heavy atom. The Labute approximate surface area is 101 Å². The average Bonchev–Trinajstić information content (AvgIpc) is 2.90. The zero-order valence-electron chi connectivity index (χ0n) is 9.14. The highest BCUT2D eigenvalue weighted by atomic mass is 32.1. The van der Waals surface area contributed by atoms with Crippen LogP contribution in [0.25, 0.3) is 0 Å². The van der Waals surface area contributed by atoms with E-state index in [0.717, 1.165) is 5.01 Å². The second kappa shape index (κ2) is 3.92. The predicted molar refractivity (Wildman–Crippen MR) is 61.1 cm³/mol. The number of rotatable bonds is 3. The quantitative estimate of drug-likeness (QED) is 0.900. The lowest BCUT2D eigenvalue weighted by molar-refractivity contribution is 0.101. The topological polar surface area (TPSA) is 80.9 Å². The summed E-state index contributed by atoms with van der Waals surface area (Å²) in [4.78, 5) is 11.7. The van der Waals surface area contributed by atoms with Gasteiger partial charge in [0.2, 0.25) is 5.13 Å². The van der Waals surface area contributed by atoms with Crippen LogP contribution in [0.3, 0.4) is 0 Å². The van der Waals surface area contributed by atoms with E-state index in [1.165, 1.54) is 24.2 Å². The Morgan fingerprint density at radius 1 is 1.53 bits per heavy atom. The van der Waals surface area contributed by atoms with Crippen molar-refractivity contribution >= 4 is 22.4 Å². The molecule has 0 atom stereocenters. The molecule has 2 aromatic rings. The number of hydrogen-bond acceptors (Lipinski definition) is 6. The molecule has 88 valence electrons. The van der Waals surface area contributed by atoms with Crippen molar-refractivity contribution in [2.75, 3.05) is 5.32 Å². The molecular formula is C10H10N4O2S. The maximum absolute atomic E-state index is 11.7. The number of aryl methyl sites for hydroxylation is 1. The number of hydrogen-bond donors (Lipinski definition) is 1. The third-order valence-electron chi connectivity index (χ3n) is 2.45. The van der Waals surface area contributed by atoms with Crippen LogP contribution >= 0.6 is 11.3 Å². The van der Waals surface area contributed by atoms with E-state index in [-0.39, 0.29) is 11.6 Å². The molecule has 1 saturated carbocycles. The molecule has 3 rings (SSSR count). The summed E-state index contributed by atoms with van der Waals surface area (Å²) in [5.41, 5.74) is 0.255. The molecule has 17 heavy (non-hydrogen) atoms. The summed E-state index contributed by atoms with van der Waals surface area (Å²) in [6.45, 7) is 1.74. The summed E-state index contributed by atoms with van der Waals surface area (Å²) in [7, 11) is 0. The lowest BCUT2D eigenvalue weighted by Gasteiger charge is -1.94. The molecule has 1 N–H and O–H groups in total. The number of nitrogens with one attached hydrogen (secondary N) is 1. The minimum Gasteiger partial charge on any atom is -0.361 e. The predicted octanol–water partition coefficient (Wildman–Crippen LogP) is 1.96. The van der Waals surface area contributed by atoms with Gasteiger partial charge in [0.1, 0.15) is 10.8 Å². The first kappa shape index (κ1) is 10.4. The molecule has 0 unspecified atom stereocenters. The lowest BCUT2D eigenvalue weighted by atomic mass is 10.4. The molecule has 0 aromatic carbocycles. The normalized spacial score (nSPS) is 14.9. The monoisotopic (exact) mass is 250 g/mol. The molecule has 1 amide bonds. The highest BCUT2D eigenvalue weighted by molar-refractivity contribution is 7.15. The number of carbonyl (C=O) groups is 1. The summed E-state index contributed by atoms with van der Waals surface area (Å²) < 4.78 is 4.83. The summed E-state index contributed by atoms with van der Waals surface area (Å²) in [6.07, 6.45) is 2.34. The van der Waals surface area contributed by atoms with Gasteiger partial charge in [-0.3, -0.25) is 10.1 Å². The molecule has 0 aliphatic heterocycles. The average molecular weight is 250 g/mol. The number of amides is 1. The summed E-state index contributed by atoms with van der Waals surface area (Å²) >= 11 is 1.42. The van der Waals surface area contributed by atoms with Gasteiger partial charge in [-0.1, -0.05) is 16.5 Å². The SMILES string of the molecule is Cc1cc(C(=O)Nc2nnc(C3CC3)s2)no1. The van der Waals surface area contributed by atoms with Crippen molar-refractivity contribution in [2.24, 2.45) is 0 Å². The van der Waals surface area contributed by atoms with Crippen LogP contribution in [0.15, 0.2) is 10.6 Å². The van der Waals surface area contributed by atoms with Crippen LogP contribution in [0.5, 0.6) is 0 Å². The number of nitrogens with zero attached hydrogens (tertiary/aromatic N) is 3. The zero-order valence-corrected chi connectivity index (χ0v) is 9.95. The molecule has 0 saturated heterocycles. The Balaban J connectivity index is 1.71.